The van der Waals surface area contributed by atoms with Crippen LogP contribution in [0.2, 0.25) is 0 Å². The highest BCUT2D eigenvalue weighted by Crippen LogP contribution is 2.27. The average Bonchev–Trinajstić information content (AvgIpc) is 2.44. The van der Waals surface area contributed by atoms with Crippen LogP contribution in [0.3, 0.4) is 0 Å². The first-order chi connectivity index (χ1) is 9.10. The molecule has 1 rings (SSSR count). The monoisotopic (exact) mass is 267 g/mol. The Hall–Kier alpha value is -1.30. The predicted molar refractivity (Wildman–Crippen MR) is 77.8 cm³/mol. The van der Waals surface area contributed by atoms with Crippen molar-refractivity contribution in [1.82, 2.24) is 4.90 Å². The molecule has 0 aromatic heterocycles. The fourth-order valence-corrected chi connectivity index (χ4v) is 1.92. The number of benzene rings is 1. The average molecular weight is 267 g/mol. The molecular weight excluding hydrogens is 242 g/mol. The van der Waals surface area contributed by atoms with E-state index in [2.05, 4.69) is 18.0 Å². The molecule has 5 nitrogen and oxygen atoms in total. The number of hydrogen-bond donors (Lipinski definition) is 2. The molecule has 108 valence electrons. The number of methoxy groups -OCH3 is 2. The fraction of sp³-hybridized carbons (Fsp3) is 0.571. The number of nitrogens with zero attached hydrogens (tertiary/aromatic N) is 1. The van der Waals surface area contributed by atoms with Gasteiger partial charge in [-0.2, -0.15) is 0 Å². The summed E-state index contributed by atoms with van der Waals surface area (Å²) in [5.74, 6) is 1.52. The number of rotatable bonds is 8. The van der Waals surface area contributed by atoms with Crippen LogP contribution >= 0.6 is 0 Å². The van der Waals surface area contributed by atoms with Crippen LogP contribution in [0.5, 0.6) is 11.5 Å². The first kappa shape index (κ1) is 15.8. The summed E-state index contributed by atoms with van der Waals surface area (Å²) in [6, 6.07) is 6.03. The van der Waals surface area contributed by atoms with Gasteiger partial charge in [0.2, 0.25) is 0 Å². The Morgan fingerprint density at radius 2 is 1.89 bits per heavy atom. The summed E-state index contributed by atoms with van der Waals surface area (Å²) in [7, 11) is 5.34. The van der Waals surface area contributed by atoms with E-state index in [0.29, 0.717) is 6.54 Å². The molecular formula is C14H25N3O2. The van der Waals surface area contributed by atoms with Gasteiger partial charge in [0.05, 0.1) is 14.2 Å². The Bertz CT molecular complexity index is 385. The molecule has 1 unspecified atom stereocenters. The Morgan fingerprint density at radius 3 is 2.47 bits per heavy atom. The van der Waals surface area contributed by atoms with Gasteiger partial charge in [-0.3, -0.25) is 0 Å². The summed E-state index contributed by atoms with van der Waals surface area (Å²) >= 11 is 0. The highest BCUT2D eigenvalue weighted by Gasteiger charge is 2.07. The molecule has 0 aliphatic carbocycles. The van der Waals surface area contributed by atoms with Gasteiger partial charge >= 0.3 is 0 Å². The highest BCUT2D eigenvalue weighted by atomic mass is 16.5. The molecule has 1 aromatic carbocycles. The molecule has 0 saturated heterocycles. The van der Waals surface area contributed by atoms with Crippen LogP contribution in [-0.4, -0.2) is 51.8 Å². The quantitative estimate of drug-likeness (QED) is 0.716. The lowest BCUT2D eigenvalue weighted by molar-refractivity contribution is 0.315. The number of nitrogens with two attached hydrogens (primary N) is 2. The molecule has 19 heavy (non-hydrogen) atoms. The molecule has 0 spiro atoms. The van der Waals surface area contributed by atoms with Gasteiger partial charge in [0, 0.05) is 25.7 Å². The van der Waals surface area contributed by atoms with Gasteiger partial charge in [0.15, 0.2) is 11.5 Å². The van der Waals surface area contributed by atoms with Gasteiger partial charge in [-0.05, 0) is 31.2 Å². The van der Waals surface area contributed by atoms with E-state index in [9.17, 15) is 0 Å². The molecule has 0 saturated carbocycles. The SMILES string of the molecule is COc1ccc(CCN(C)CC(N)CN)cc1OC. The van der Waals surface area contributed by atoms with E-state index in [1.54, 1.807) is 14.2 Å². The van der Waals surface area contributed by atoms with Crippen LogP contribution < -0.4 is 20.9 Å². The van der Waals surface area contributed by atoms with Crippen LogP contribution in [0.25, 0.3) is 0 Å². The van der Waals surface area contributed by atoms with E-state index in [0.717, 1.165) is 31.0 Å². The third-order valence-electron chi connectivity index (χ3n) is 3.08. The lowest BCUT2D eigenvalue weighted by atomic mass is 10.1. The van der Waals surface area contributed by atoms with Crippen LogP contribution in [-0.2, 0) is 6.42 Å². The van der Waals surface area contributed by atoms with Crippen molar-refractivity contribution in [1.29, 1.82) is 0 Å². The van der Waals surface area contributed by atoms with Gasteiger partial charge in [0.25, 0.3) is 0 Å². The maximum absolute atomic E-state index is 5.82. The summed E-state index contributed by atoms with van der Waals surface area (Å²) in [6.07, 6.45) is 0.939. The minimum Gasteiger partial charge on any atom is -0.493 e. The highest BCUT2D eigenvalue weighted by molar-refractivity contribution is 5.42. The zero-order valence-electron chi connectivity index (χ0n) is 12.1. The summed E-state index contributed by atoms with van der Waals surface area (Å²) in [6.45, 7) is 2.26. The number of likely N-dealkylation sites (N-methyl/N-ethyl adjacent to an activating group) is 1. The van der Waals surface area contributed by atoms with Gasteiger partial charge in [-0.15, -0.1) is 0 Å². The van der Waals surface area contributed by atoms with Crippen molar-refractivity contribution >= 4 is 0 Å². The number of ether oxygens (including phenoxy) is 2. The Balaban J connectivity index is 2.53. The molecule has 1 atom stereocenters. The van der Waals surface area contributed by atoms with Crippen LogP contribution in [0.1, 0.15) is 5.56 Å². The molecule has 0 aliphatic rings. The van der Waals surface area contributed by atoms with Crippen LogP contribution in [0.15, 0.2) is 18.2 Å². The Kier molecular flexibility index (Phi) is 6.62. The van der Waals surface area contributed by atoms with E-state index >= 15 is 0 Å². The second-order valence-electron chi connectivity index (χ2n) is 4.70. The normalized spacial score (nSPS) is 12.5. The van der Waals surface area contributed by atoms with E-state index in [4.69, 9.17) is 20.9 Å². The summed E-state index contributed by atoms with van der Waals surface area (Å²) in [5, 5.41) is 0. The third-order valence-corrected chi connectivity index (χ3v) is 3.08. The largest absolute Gasteiger partial charge is 0.493 e. The second-order valence-corrected chi connectivity index (χ2v) is 4.70. The van der Waals surface area contributed by atoms with Gasteiger partial charge < -0.3 is 25.8 Å². The van der Waals surface area contributed by atoms with E-state index in [1.807, 2.05) is 12.1 Å². The molecule has 0 bridgehead atoms. The van der Waals surface area contributed by atoms with Crippen molar-refractivity contribution in [2.75, 3.05) is 40.9 Å². The topological polar surface area (TPSA) is 73.7 Å². The molecule has 0 amide bonds. The maximum atomic E-state index is 5.82. The zero-order valence-corrected chi connectivity index (χ0v) is 12.1. The van der Waals surface area contributed by atoms with Crippen molar-refractivity contribution in [3.8, 4) is 11.5 Å². The summed E-state index contributed by atoms with van der Waals surface area (Å²) < 4.78 is 10.5. The van der Waals surface area contributed by atoms with Crippen molar-refractivity contribution in [3.63, 3.8) is 0 Å². The van der Waals surface area contributed by atoms with Gasteiger partial charge in [-0.25, -0.2) is 0 Å². The van der Waals surface area contributed by atoms with Crippen molar-refractivity contribution in [2.24, 2.45) is 11.5 Å². The molecule has 4 N–H and O–H groups in total. The number of hydrogen-bond acceptors (Lipinski definition) is 5. The first-order valence-corrected chi connectivity index (χ1v) is 6.45. The molecule has 0 radical (unpaired) electrons. The van der Waals surface area contributed by atoms with Crippen LogP contribution in [0.4, 0.5) is 0 Å². The standard InChI is InChI=1S/C14H25N3O2/c1-17(10-12(16)9-15)7-6-11-4-5-13(18-2)14(8-11)19-3/h4-5,8,12H,6-7,9-10,15-16H2,1-3H3. The Morgan fingerprint density at radius 1 is 1.21 bits per heavy atom. The molecule has 0 fully saturated rings. The predicted octanol–water partition coefficient (Wildman–Crippen LogP) is 0.464. The second kappa shape index (κ2) is 7.99. The molecule has 1 aromatic rings. The minimum atomic E-state index is 0.0374. The van der Waals surface area contributed by atoms with Crippen molar-refractivity contribution in [2.45, 2.75) is 12.5 Å². The lowest BCUT2D eigenvalue weighted by Crippen LogP contribution is -2.41. The lowest BCUT2D eigenvalue weighted by Gasteiger charge is -2.20. The van der Waals surface area contributed by atoms with E-state index in [1.165, 1.54) is 5.56 Å². The van der Waals surface area contributed by atoms with Crippen LogP contribution in [0, 0.1) is 0 Å². The smallest absolute Gasteiger partial charge is 0.160 e. The van der Waals surface area contributed by atoms with E-state index in [-0.39, 0.29) is 6.04 Å². The Labute approximate surface area is 115 Å². The van der Waals surface area contributed by atoms with Gasteiger partial charge in [-0.1, -0.05) is 6.07 Å². The minimum absolute atomic E-state index is 0.0374. The van der Waals surface area contributed by atoms with Crippen molar-refractivity contribution < 1.29 is 9.47 Å². The van der Waals surface area contributed by atoms with Gasteiger partial charge in [0.1, 0.15) is 0 Å². The fourth-order valence-electron chi connectivity index (χ4n) is 1.92. The summed E-state index contributed by atoms with van der Waals surface area (Å²) in [4.78, 5) is 2.19. The third kappa shape index (κ3) is 5.06. The molecule has 0 heterocycles. The zero-order chi connectivity index (χ0) is 14.3. The molecule has 0 aliphatic heterocycles. The first-order valence-electron chi connectivity index (χ1n) is 6.45. The maximum Gasteiger partial charge on any atom is 0.160 e. The van der Waals surface area contributed by atoms with E-state index < -0.39 is 0 Å². The summed E-state index contributed by atoms with van der Waals surface area (Å²) in [5.41, 5.74) is 12.6. The van der Waals surface area contributed by atoms with Crippen molar-refractivity contribution in [3.05, 3.63) is 23.8 Å². The molecule has 5 heteroatoms.